The minimum Gasteiger partial charge on any atom is -0.393 e. The van der Waals surface area contributed by atoms with Gasteiger partial charge in [-0.1, -0.05) is 48.5 Å². The lowest BCUT2D eigenvalue weighted by Crippen LogP contribution is -2.68. The van der Waals surface area contributed by atoms with Crippen LogP contribution < -0.4 is 5.32 Å². The molecule has 8 atom stereocenters. The lowest BCUT2D eigenvalue weighted by molar-refractivity contribution is -0.227. The van der Waals surface area contributed by atoms with Crippen molar-refractivity contribution in [3.8, 4) is 0 Å². The Hall–Kier alpha value is -1.20. The molecule has 5 fully saturated rings. The smallest absolute Gasteiger partial charge is 0.226 e. The summed E-state index contributed by atoms with van der Waals surface area (Å²) in [6.45, 7) is 22.8. The minimum atomic E-state index is -0.489. The van der Waals surface area contributed by atoms with Crippen LogP contribution in [0.2, 0.25) is 0 Å². The van der Waals surface area contributed by atoms with Gasteiger partial charge in [0.1, 0.15) is 0 Å². The molecule has 5 aliphatic carbocycles. The van der Waals surface area contributed by atoms with Crippen LogP contribution >= 0.6 is 0 Å². The molecule has 0 aromatic heterocycles. The standard InChI is InChI=1S/C36H58N2O3/c1-21(2)29-25(39)18-36(37-31(41)23-19-38(20-23)22(3)4)17-16-34(8)24(30(29)36)10-11-27-33(7)14-13-28(40)32(5,6)26(33)12-15-35(27,34)9/h21-24,26-28,40H,10-20H2,1-9H3,(H,37,41)/t24?,26?,27?,28-,33-,34+,35+,36?/m0/s1. The van der Waals surface area contributed by atoms with Crippen molar-refractivity contribution in [1.82, 2.24) is 10.2 Å². The number of carbonyl (C=O) groups is 2. The fraction of sp³-hybridized carbons (Fsp3) is 0.889. The van der Waals surface area contributed by atoms with E-state index in [0.29, 0.717) is 30.2 Å². The third kappa shape index (κ3) is 3.92. The van der Waals surface area contributed by atoms with E-state index in [1.165, 1.54) is 24.8 Å². The van der Waals surface area contributed by atoms with Crippen molar-refractivity contribution in [3.63, 3.8) is 0 Å². The topological polar surface area (TPSA) is 69.6 Å². The lowest BCUT2D eigenvalue weighted by Gasteiger charge is -2.72. The number of aliphatic hydroxyl groups is 1. The minimum absolute atomic E-state index is 0.0352. The van der Waals surface area contributed by atoms with E-state index in [1.54, 1.807) is 0 Å². The van der Waals surface area contributed by atoms with Gasteiger partial charge in [0, 0.05) is 25.6 Å². The van der Waals surface area contributed by atoms with Gasteiger partial charge >= 0.3 is 0 Å². The fourth-order valence-electron chi connectivity index (χ4n) is 12.2. The number of hydrogen-bond acceptors (Lipinski definition) is 4. The van der Waals surface area contributed by atoms with E-state index in [-0.39, 0.29) is 51.3 Å². The Bertz CT molecular complexity index is 1150. The van der Waals surface area contributed by atoms with Crippen LogP contribution in [-0.2, 0) is 9.59 Å². The number of fused-ring (bicyclic) bond motifs is 7. The van der Waals surface area contributed by atoms with Gasteiger partial charge in [0.05, 0.1) is 17.6 Å². The molecule has 0 aromatic rings. The highest BCUT2D eigenvalue weighted by Gasteiger charge is 2.70. The Morgan fingerprint density at radius 3 is 2.20 bits per heavy atom. The molecule has 4 unspecified atom stereocenters. The molecule has 5 heteroatoms. The molecular weight excluding hydrogens is 508 g/mol. The van der Waals surface area contributed by atoms with Crippen molar-refractivity contribution in [2.45, 2.75) is 138 Å². The van der Waals surface area contributed by atoms with Gasteiger partial charge in [-0.15, -0.1) is 0 Å². The third-order valence-electron chi connectivity index (χ3n) is 14.8. The van der Waals surface area contributed by atoms with E-state index in [9.17, 15) is 14.7 Å². The summed E-state index contributed by atoms with van der Waals surface area (Å²) >= 11 is 0. The molecule has 5 nitrogen and oxygen atoms in total. The first-order chi connectivity index (χ1) is 19.0. The highest BCUT2D eigenvalue weighted by Crippen LogP contribution is 2.75. The summed E-state index contributed by atoms with van der Waals surface area (Å²) in [7, 11) is 0. The zero-order valence-corrected chi connectivity index (χ0v) is 27.5. The molecule has 1 saturated heterocycles. The molecule has 0 bridgehead atoms. The van der Waals surface area contributed by atoms with Crippen LogP contribution in [0.15, 0.2) is 11.1 Å². The zero-order chi connectivity index (χ0) is 29.9. The predicted molar refractivity (Wildman–Crippen MR) is 164 cm³/mol. The highest BCUT2D eigenvalue weighted by atomic mass is 16.3. The number of likely N-dealkylation sites (tertiary alicyclic amines) is 1. The summed E-state index contributed by atoms with van der Waals surface area (Å²) in [6, 6.07) is 0.467. The largest absolute Gasteiger partial charge is 0.393 e. The van der Waals surface area contributed by atoms with E-state index < -0.39 is 5.54 Å². The van der Waals surface area contributed by atoms with Gasteiger partial charge in [-0.05, 0) is 122 Å². The third-order valence-corrected chi connectivity index (χ3v) is 14.8. The number of ketones is 1. The Kier molecular flexibility index (Phi) is 6.84. The van der Waals surface area contributed by atoms with Crippen molar-refractivity contribution < 1.29 is 14.7 Å². The quantitative estimate of drug-likeness (QED) is 0.406. The van der Waals surface area contributed by atoms with Crippen LogP contribution in [0.25, 0.3) is 0 Å². The van der Waals surface area contributed by atoms with Gasteiger partial charge in [-0.25, -0.2) is 0 Å². The molecule has 0 aromatic carbocycles. The number of Topliss-reactive ketones (excluding diaryl/α,β-unsaturated/α-hetero) is 1. The lowest BCUT2D eigenvalue weighted by atomic mass is 9.33. The number of hydrogen-bond donors (Lipinski definition) is 2. The number of nitrogens with zero attached hydrogens (tertiary/aromatic N) is 1. The molecule has 1 heterocycles. The van der Waals surface area contributed by atoms with Crippen molar-refractivity contribution in [3.05, 3.63) is 11.1 Å². The predicted octanol–water partition coefficient (Wildman–Crippen LogP) is 6.54. The molecule has 6 rings (SSSR count). The summed E-state index contributed by atoms with van der Waals surface area (Å²) in [5.74, 6) is 2.18. The van der Waals surface area contributed by atoms with Crippen molar-refractivity contribution in [1.29, 1.82) is 0 Å². The van der Waals surface area contributed by atoms with Crippen LogP contribution in [0.4, 0.5) is 0 Å². The van der Waals surface area contributed by atoms with E-state index in [1.807, 2.05) is 0 Å². The second-order valence-corrected chi connectivity index (χ2v) is 17.4. The van der Waals surface area contributed by atoms with Crippen molar-refractivity contribution in [2.75, 3.05) is 13.1 Å². The van der Waals surface area contributed by atoms with E-state index in [4.69, 9.17) is 0 Å². The molecule has 6 aliphatic rings. The summed E-state index contributed by atoms with van der Waals surface area (Å²) in [5.41, 5.74) is 2.37. The molecule has 0 radical (unpaired) electrons. The Labute approximate surface area is 249 Å². The molecule has 1 amide bonds. The van der Waals surface area contributed by atoms with E-state index in [0.717, 1.165) is 50.8 Å². The first kappa shape index (κ1) is 29.9. The fourth-order valence-corrected chi connectivity index (χ4v) is 12.2. The number of allylic oxidation sites excluding steroid dienone is 1. The number of nitrogens with one attached hydrogen (secondary N) is 1. The van der Waals surface area contributed by atoms with Crippen molar-refractivity contribution in [2.24, 2.45) is 51.2 Å². The summed E-state index contributed by atoms with van der Waals surface area (Å²) in [4.78, 5) is 29.9. The van der Waals surface area contributed by atoms with Gasteiger partial charge in [-0.3, -0.25) is 14.5 Å². The van der Waals surface area contributed by atoms with Gasteiger partial charge in [0.15, 0.2) is 5.78 Å². The second-order valence-electron chi connectivity index (χ2n) is 17.4. The molecule has 1 aliphatic heterocycles. The summed E-state index contributed by atoms with van der Waals surface area (Å²) in [6.07, 6.45) is 8.93. The first-order valence-electron chi connectivity index (χ1n) is 17.0. The van der Waals surface area contributed by atoms with E-state index >= 15 is 0 Å². The monoisotopic (exact) mass is 566 g/mol. The molecule has 41 heavy (non-hydrogen) atoms. The maximum atomic E-state index is 13.8. The molecular formula is C36H58N2O3. The van der Waals surface area contributed by atoms with Gasteiger partial charge < -0.3 is 10.4 Å². The zero-order valence-electron chi connectivity index (χ0n) is 27.5. The molecule has 230 valence electrons. The number of rotatable bonds is 4. The normalized spacial score (nSPS) is 46.1. The van der Waals surface area contributed by atoms with Crippen LogP contribution in [0, 0.1) is 51.2 Å². The van der Waals surface area contributed by atoms with Crippen molar-refractivity contribution >= 4 is 11.7 Å². The highest BCUT2D eigenvalue weighted by molar-refractivity contribution is 6.02. The molecule has 2 N–H and O–H groups in total. The maximum Gasteiger partial charge on any atom is 0.226 e. The van der Waals surface area contributed by atoms with Crippen LogP contribution in [-0.4, -0.2) is 52.5 Å². The molecule has 4 saturated carbocycles. The van der Waals surface area contributed by atoms with Crippen LogP contribution in [0.5, 0.6) is 0 Å². The van der Waals surface area contributed by atoms with E-state index in [2.05, 4.69) is 72.5 Å². The summed E-state index contributed by atoms with van der Waals surface area (Å²) < 4.78 is 0. The van der Waals surface area contributed by atoms with Crippen LogP contribution in [0.1, 0.15) is 120 Å². The van der Waals surface area contributed by atoms with Gasteiger partial charge in [0.2, 0.25) is 5.91 Å². The molecule has 0 spiro atoms. The second kappa shape index (κ2) is 9.40. The SMILES string of the molecule is CC(C)C1=C2C3CCC4[C@@]5(C)CC[C@H](O)C(C)(C)C5CC[C@@]4(C)[C@]3(C)CCC2(NC(=O)C2CN(C(C)C)C2)CC1=O. The Morgan fingerprint density at radius 2 is 1.56 bits per heavy atom. The Balaban J connectivity index is 1.36. The number of aliphatic hydroxyl groups excluding tert-OH is 1. The average molecular weight is 567 g/mol. The first-order valence-corrected chi connectivity index (χ1v) is 17.0. The maximum absolute atomic E-state index is 13.8. The number of carbonyl (C=O) groups excluding carboxylic acids is 2. The number of amides is 1. The van der Waals surface area contributed by atoms with Gasteiger partial charge in [0.25, 0.3) is 0 Å². The average Bonchev–Trinajstić information content (AvgIpc) is 3.13. The Morgan fingerprint density at radius 1 is 0.878 bits per heavy atom. The van der Waals surface area contributed by atoms with Gasteiger partial charge in [-0.2, -0.15) is 0 Å². The summed E-state index contributed by atoms with van der Waals surface area (Å²) in [5, 5.41) is 14.6. The van der Waals surface area contributed by atoms with Crippen LogP contribution in [0.3, 0.4) is 0 Å².